The average Bonchev–Trinajstić information content (AvgIpc) is 2.53. The minimum atomic E-state index is -0.0387. The summed E-state index contributed by atoms with van der Waals surface area (Å²) in [7, 11) is 1.59. The van der Waals surface area contributed by atoms with Crippen molar-refractivity contribution >= 4 is 16.5 Å². The Morgan fingerprint density at radius 1 is 1.24 bits per heavy atom. The van der Waals surface area contributed by atoms with Crippen molar-refractivity contribution in [2.24, 2.45) is 0 Å². The van der Waals surface area contributed by atoms with E-state index in [-0.39, 0.29) is 5.43 Å². The molecule has 0 atom stereocenters. The summed E-state index contributed by atoms with van der Waals surface area (Å²) in [5.74, 6) is 0.702. The third-order valence-corrected chi connectivity index (χ3v) is 2.87. The van der Waals surface area contributed by atoms with Crippen LogP contribution < -0.4 is 10.2 Å². The molecule has 0 bridgehead atoms. The van der Waals surface area contributed by atoms with Crippen LogP contribution in [-0.4, -0.2) is 12.1 Å². The molecule has 0 aliphatic carbocycles. The number of hydrogen-bond acceptors (Lipinski definition) is 2. The van der Waals surface area contributed by atoms with Crippen molar-refractivity contribution < 1.29 is 4.74 Å². The van der Waals surface area contributed by atoms with Gasteiger partial charge in [-0.15, -0.1) is 0 Å². The number of hydrogen-bond donors (Lipinski definition) is 1. The van der Waals surface area contributed by atoms with E-state index in [9.17, 15) is 4.79 Å². The Morgan fingerprint density at radius 2 is 1.95 bits per heavy atom. The lowest BCUT2D eigenvalue weighted by atomic mass is 10.1. The highest BCUT2D eigenvalue weighted by Gasteiger charge is 2.05. The first-order chi connectivity index (χ1) is 10.2. The van der Waals surface area contributed by atoms with Crippen LogP contribution in [0, 0.1) is 0 Å². The molecule has 0 aliphatic heterocycles. The Balaban J connectivity index is 0.00000106. The minimum absolute atomic E-state index is 0.0387. The molecule has 1 heterocycles. The summed E-state index contributed by atoms with van der Waals surface area (Å²) < 4.78 is 5.16. The summed E-state index contributed by atoms with van der Waals surface area (Å²) in [5, 5.41) is 0.631. The highest BCUT2D eigenvalue weighted by Crippen LogP contribution is 2.19. The van der Waals surface area contributed by atoms with Gasteiger partial charge in [0, 0.05) is 23.2 Å². The molecule has 0 saturated carbocycles. The molecule has 2 aromatic rings. The van der Waals surface area contributed by atoms with E-state index in [1.54, 1.807) is 49.6 Å². The number of methoxy groups -OCH3 is 1. The fourth-order valence-electron chi connectivity index (χ4n) is 1.91. The zero-order valence-corrected chi connectivity index (χ0v) is 12.8. The van der Waals surface area contributed by atoms with Crippen LogP contribution in [0.15, 0.2) is 60.4 Å². The van der Waals surface area contributed by atoms with Gasteiger partial charge in [0.25, 0.3) is 0 Å². The minimum Gasteiger partial charge on any atom is -0.497 e. The third-order valence-electron chi connectivity index (χ3n) is 2.87. The van der Waals surface area contributed by atoms with Crippen molar-refractivity contribution in [3.8, 4) is 5.75 Å². The monoisotopic (exact) mass is 283 g/mol. The van der Waals surface area contributed by atoms with Gasteiger partial charge in [-0.25, -0.2) is 0 Å². The molecule has 1 N–H and O–H groups in total. The van der Waals surface area contributed by atoms with E-state index in [4.69, 9.17) is 4.74 Å². The molecule has 3 heteroatoms. The maximum Gasteiger partial charge on any atom is 0.190 e. The van der Waals surface area contributed by atoms with E-state index in [1.807, 2.05) is 13.8 Å². The maximum absolute atomic E-state index is 12.1. The summed E-state index contributed by atoms with van der Waals surface area (Å²) in [6, 6.07) is 6.88. The predicted octanol–water partition coefficient (Wildman–Crippen LogP) is 4.32. The lowest BCUT2D eigenvalue weighted by Crippen LogP contribution is -2.04. The molecule has 0 amide bonds. The van der Waals surface area contributed by atoms with E-state index < -0.39 is 0 Å². The molecule has 0 spiro atoms. The van der Waals surface area contributed by atoms with Crippen LogP contribution in [-0.2, 0) is 0 Å². The van der Waals surface area contributed by atoms with Crippen molar-refractivity contribution in [2.75, 3.05) is 7.11 Å². The Bertz CT molecular complexity index is 724. The van der Waals surface area contributed by atoms with Crippen molar-refractivity contribution in [3.05, 3.63) is 71.6 Å². The summed E-state index contributed by atoms with van der Waals surface area (Å²) in [6.07, 6.45) is 5.13. The van der Waals surface area contributed by atoms with Gasteiger partial charge in [-0.05, 0) is 17.7 Å². The smallest absolute Gasteiger partial charge is 0.190 e. The molecule has 21 heavy (non-hydrogen) atoms. The van der Waals surface area contributed by atoms with Crippen molar-refractivity contribution in [3.63, 3.8) is 0 Å². The number of pyridine rings is 1. The number of ether oxygens (including phenoxy) is 1. The number of allylic oxidation sites excluding steroid dienone is 4. The molecule has 3 nitrogen and oxygen atoms in total. The van der Waals surface area contributed by atoms with Crippen LogP contribution >= 0.6 is 0 Å². The molecule has 0 fully saturated rings. The quantitative estimate of drug-likeness (QED) is 0.849. The number of aromatic amines is 1. The second-order valence-corrected chi connectivity index (χ2v) is 4.02. The molecule has 0 radical (unpaired) electrons. The SMILES string of the molecule is C=C/C=C(\C=C)c1cc(=O)c2ccc(OC)cc2[nH]1.CC. The average molecular weight is 283 g/mol. The van der Waals surface area contributed by atoms with Gasteiger partial charge >= 0.3 is 0 Å². The van der Waals surface area contributed by atoms with Crippen LogP contribution in [0.5, 0.6) is 5.75 Å². The summed E-state index contributed by atoms with van der Waals surface area (Å²) in [6.45, 7) is 11.4. The Labute approximate surface area is 125 Å². The highest BCUT2D eigenvalue weighted by molar-refractivity contribution is 5.83. The van der Waals surface area contributed by atoms with Gasteiger partial charge in [0.2, 0.25) is 0 Å². The van der Waals surface area contributed by atoms with Gasteiger partial charge in [-0.3, -0.25) is 4.79 Å². The highest BCUT2D eigenvalue weighted by atomic mass is 16.5. The zero-order chi connectivity index (χ0) is 15.8. The van der Waals surface area contributed by atoms with Crippen molar-refractivity contribution in [2.45, 2.75) is 13.8 Å². The molecule has 0 saturated heterocycles. The van der Waals surface area contributed by atoms with Crippen LogP contribution in [0.1, 0.15) is 19.5 Å². The molecule has 1 aromatic carbocycles. The van der Waals surface area contributed by atoms with Gasteiger partial charge in [0.15, 0.2) is 5.43 Å². The van der Waals surface area contributed by atoms with E-state index in [1.165, 1.54) is 0 Å². The molecular formula is C18H21NO2. The largest absolute Gasteiger partial charge is 0.497 e. The first-order valence-corrected chi connectivity index (χ1v) is 6.86. The van der Waals surface area contributed by atoms with Gasteiger partial charge in [0.05, 0.1) is 12.6 Å². The standard InChI is InChI=1S/C16H15NO2.C2H6/c1-4-6-11(5-2)14-10-16(18)13-8-7-12(19-3)9-15(13)17-14;1-2/h4-10H,1-2H2,3H3,(H,17,18);1-2H3/b11-6+;. The Hall–Kier alpha value is -2.55. The number of rotatable bonds is 4. The van der Waals surface area contributed by atoms with E-state index >= 15 is 0 Å². The number of benzene rings is 1. The second-order valence-electron chi connectivity index (χ2n) is 4.02. The molecule has 1 aromatic heterocycles. The van der Waals surface area contributed by atoms with E-state index in [0.29, 0.717) is 16.8 Å². The fraction of sp³-hybridized carbons (Fsp3) is 0.167. The predicted molar refractivity (Wildman–Crippen MR) is 90.8 cm³/mol. The van der Waals surface area contributed by atoms with Gasteiger partial charge in [-0.2, -0.15) is 0 Å². The van der Waals surface area contributed by atoms with Crippen LogP contribution in [0.2, 0.25) is 0 Å². The third kappa shape index (κ3) is 3.72. The normalized spacial score (nSPS) is 10.5. The summed E-state index contributed by atoms with van der Waals surface area (Å²) in [4.78, 5) is 15.3. The number of aromatic nitrogens is 1. The topological polar surface area (TPSA) is 42.1 Å². The van der Waals surface area contributed by atoms with Gasteiger partial charge in [-0.1, -0.05) is 45.2 Å². The Morgan fingerprint density at radius 3 is 2.52 bits per heavy atom. The lowest BCUT2D eigenvalue weighted by Gasteiger charge is -2.06. The lowest BCUT2D eigenvalue weighted by molar-refractivity contribution is 0.415. The maximum atomic E-state index is 12.1. The first kappa shape index (κ1) is 16.5. The van der Waals surface area contributed by atoms with E-state index in [0.717, 1.165) is 11.1 Å². The molecule has 0 aliphatic rings. The van der Waals surface area contributed by atoms with Crippen LogP contribution in [0.4, 0.5) is 0 Å². The van der Waals surface area contributed by atoms with Gasteiger partial charge in [0.1, 0.15) is 5.75 Å². The second kappa shape index (κ2) is 7.90. The summed E-state index contributed by atoms with van der Waals surface area (Å²) in [5.41, 5.74) is 2.22. The van der Waals surface area contributed by atoms with Crippen molar-refractivity contribution in [1.29, 1.82) is 0 Å². The van der Waals surface area contributed by atoms with Crippen LogP contribution in [0.25, 0.3) is 16.5 Å². The van der Waals surface area contributed by atoms with Gasteiger partial charge < -0.3 is 9.72 Å². The fourth-order valence-corrected chi connectivity index (χ4v) is 1.91. The van der Waals surface area contributed by atoms with Crippen LogP contribution in [0.3, 0.4) is 0 Å². The Kier molecular flexibility index (Phi) is 6.21. The number of nitrogens with one attached hydrogen (secondary N) is 1. The molecule has 0 unspecified atom stereocenters. The zero-order valence-electron chi connectivity index (χ0n) is 12.8. The molecule has 2 rings (SSSR count). The summed E-state index contributed by atoms with van der Waals surface area (Å²) >= 11 is 0. The number of H-pyrrole nitrogens is 1. The molecular weight excluding hydrogens is 262 g/mol. The first-order valence-electron chi connectivity index (χ1n) is 6.86. The van der Waals surface area contributed by atoms with E-state index in [2.05, 4.69) is 18.1 Å². The molecule has 110 valence electrons. The van der Waals surface area contributed by atoms with Crippen molar-refractivity contribution in [1.82, 2.24) is 4.98 Å². The number of fused-ring (bicyclic) bond motifs is 1.